The minimum atomic E-state index is -1.08. The molecule has 0 unspecified atom stereocenters. The fourth-order valence-electron chi connectivity index (χ4n) is 1.40. The number of anilines is 1. The summed E-state index contributed by atoms with van der Waals surface area (Å²) in [5.74, 6) is -1.24. The lowest BCUT2D eigenvalue weighted by atomic mass is 10.2. The number of imidazole rings is 1. The zero-order valence-corrected chi connectivity index (χ0v) is 11.7. The van der Waals surface area contributed by atoms with Crippen molar-refractivity contribution in [2.24, 2.45) is 0 Å². The second kappa shape index (κ2) is 6.44. The maximum atomic E-state index is 11.8. The smallest absolute Gasteiger partial charge is 0.335 e. The van der Waals surface area contributed by atoms with Gasteiger partial charge in [-0.1, -0.05) is 23.4 Å². The lowest BCUT2D eigenvalue weighted by Crippen LogP contribution is -2.15. The normalized spacial score (nSPS) is 10.2. The standard InChI is InChI=1S/C12H10ClN3O3S/c13-8-2-1-7(11(18)19)5-9(8)16-10(17)6-20-12-14-3-4-15-12/h1-5H,6H2,(H,14,15)(H,16,17)(H,18,19). The summed E-state index contributed by atoms with van der Waals surface area (Å²) in [6.07, 6.45) is 3.25. The van der Waals surface area contributed by atoms with Gasteiger partial charge in [-0.25, -0.2) is 9.78 Å². The highest BCUT2D eigenvalue weighted by Gasteiger charge is 2.10. The van der Waals surface area contributed by atoms with Crippen LogP contribution in [0.25, 0.3) is 0 Å². The van der Waals surface area contributed by atoms with Crippen molar-refractivity contribution in [3.05, 3.63) is 41.2 Å². The SMILES string of the molecule is O=C(CSc1ncc[nH]1)Nc1cc(C(=O)O)ccc1Cl. The zero-order chi connectivity index (χ0) is 14.5. The minimum Gasteiger partial charge on any atom is -0.478 e. The van der Waals surface area contributed by atoms with E-state index in [1.165, 1.54) is 30.0 Å². The molecule has 0 bridgehead atoms. The molecule has 6 nitrogen and oxygen atoms in total. The van der Waals surface area contributed by atoms with E-state index in [2.05, 4.69) is 15.3 Å². The summed E-state index contributed by atoms with van der Waals surface area (Å²) in [6.45, 7) is 0. The van der Waals surface area contributed by atoms with E-state index in [1.807, 2.05) is 0 Å². The van der Waals surface area contributed by atoms with E-state index in [9.17, 15) is 9.59 Å². The number of rotatable bonds is 5. The van der Waals surface area contributed by atoms with Gasteiger partial charge in [0.05, 0.1) is 22.0 Å². The predicted octanol–water partition coefficient (Wildman–Crippen LogP) is 2.49. The summed E-state index contributed by atoms with van der Waals surface area (Å²) in [4.78, 5) is 29.5. The molecule has 0 saturated carbocycles. The molecule has 1 amide bonds. The fraction of sp³-hybridized carbons (Fsp3) is 0.0833. The highest BCUT2D eigenvalue weighted by molar-refractivity contribution is 7.99. The van der Waals surface area contributed by atoms with E-state index in [1.54, 1.807) is 12.4 Å². The van der Waals surface area contributed by atoms with E-state index < -0.39 is 5.97 Å². The molecular formula is C12H10ClN3O3S. The maximum absolute atomic E-state index is 11.8. The van der Waals surface area contributed by atoms with Crippen LogP contribution in [0.15, 0.2) is 35.7 Å². The van der Waals surface area contributed by atoms with E-state index >= 15 is 0 Å². The van der Waals surface area contributed by atoms with Gasteiger partial charge in [0.25, 0.3) is 0 Å². The molecule has 0 fully saturated rings. The average molecular weight is 312 g/mol. The molecule has 1 aromatic heterocycles. The molecule has 1 heterocycles. The van der Waals surface area contributed by atoms with Crippen molar-refractivity contribution >= 4 is 40.9 Å². The molecule has 104 valence electrons. The molecule has 0 aliphatic carbocycles. The van der Waals surface area contributed by atoms with Crippen molar-refractivity contribution in [1.82, 2.24) is 9.97 Å². The van der Waals surface area contributed by atoms with Gasteiger partial charge in [-0.2, -0.15) is 0 Å². The summed E-state index contributed by atoms with van der Waals surface area (Å²) < 4.78 is 0. The van der Waals surface area contributed by atoms with Crippen molar-refractivity contribution in [2.45, 2.75) is 5.16 Å². The Labute approximate surface area is 123 Å². The molecule has 2 rings (SSSR count). The van der Waals surface area contributed by atoms with Crippen LogP contribution in [0.2, 0.25) is 5.02 Å². The minimum absolute atomic E-state index is 0.0587. The summed E-state index contributed by atoms with van der Waals surface area (Å²) in [5, 5.41) is 12.4. The van der Waals surface area contributed by atoms with Crippen LogP contribution in [0.5, 0.6) is 0 Å². The molecule has 1 aromatic carbocycles. The summed E-state index contributed by atoms with van der Waals surface area (Å²) >= 11 is 7.14. The van der Waals surface area contributed by atoms with Gasteiger partial charge in [0.1, 0.15) is 0 Å². The third-order valence-electron chi connectivity index (χ3n) is 2.30. The number of nitrogens with one attached hydrogen (secondary N) is 2. The average Bonchev–Trinajstić information content (AvgIpc) is 2.92. The molecule has 8 heteroatoms. The Morgan fingerprint density at radius 3 is 2.90 bits per heavy atom. The van der Waals surface area contributed by atoms with Crippen LogP contribution < -0.4 is 5.32 Å². The molecule has 2 aromatic rings. The van der Waals surface area contributed by atoms with Crippen LogP contribution in [0.4, 0.5) is 5.69 Å². The van der Waals surface area contributed by atoms with E-state index in [4.69, 9.17) is 16.7 Å². The van der Waals surface area contributed by atoms with Gasteiger partial charge >= 0.3 is 5.97 Å². The van der Waals surface area contributed by atoms with Gasteiger partial charge in [0.15, 0.2) is 5.16 Å². The molecule has 0 aliphatic heterocycles. The molecule has 0 spiro atoms. The Morgan fingerprint density at radius 1 is 1.45 bits per heavy atom. The first-order valence-electron chi connectivity index (χ1n) is 5.51. The summed E-state index contributed by atoms with van der Waals surface area (Å²) in [7, 11) is 0. The number of thioether (sulfide) groups is 1. The molecule has 3 N–H and O–H groups in total. The van der Waals surface area contributed by atoms with Crippen LogP contribution >= 0.6 is 23.4 Å². The number of carboxylic acids is 1. The van der Waals surface area contributed by atoms with Crippen molar-refractivity contribution < 1.29 is 14.7 Å². The van der Waals surface area contributed by atoms with Gasteiger partial charge in [-0.05, 0) is 18.2 Å². The number of amides is 1. The first kappa shape index (κ1) is 14.4. The lowest BCUT2D eigenvalue weighted by molar-refractivity contribution is -0.113. The highest BCUT2D eigenvalue weighted by atomic mass is 35.5. The van der Waals surface area contributed by atoms with Crippen LogP contribution in [-0.4, -0.2) is 32.7 Å². The fourth-order valence-corrected chi connectivity index (χ4v) is 2.20. The third kappa shape index (κ3) is 3.75. The third-order valence-corrected chi connectivity index (χ3v) is 3.53. The number of hydrogen-bond donors (Lipinski definition) is 3. The molecule has 20 heavy (non-hydrogen) atoms. The molecule has 0 aliphatic rings. The van der Waals surface area contributed by atoms with Gasteiger partial charge in [0.2, 0.25) is 5.91 Å². The van der Waals surface area contributed by atoms with Crippen LogP contribution in [0, 0.1) is 0 Å². The van der Waals surface area contributed by atoms with Crippen molar-refractivity contribution in [3.63, 3.8) is 0 Å². The lowest BCUT2D eigenvalue weighted by Gasteiger charge is -2.07. The van der Waals surface area contributed by atoms with Crippen molar-refractivity contribution in [2.75, 3.05) is 11.1 Å². The summed E-state index contributed by atoms with van der Waals surface area (Å²) in [5.41, 5.74) is 0.333. The Bertz CT molecular complexity index is 631. The first-order valence-corrected chi connectivity index (χ1v) is 6.87. The number of aromatic nitrogens is 2. The van der Waals surface area contributed by atoms with E-state index in [0.29, 0.717) is 5.16 Å². The Morgan fingerprint density at radius 2 is 2.25 bits per heavy atom. The second-order valence-electron chi connectivity index (χ2n) is 3.73. The van der Waals surface area contributed by atoms with Crippen molar-refractivity contribution in [1.29, 1.82) is 0 Å². The predicted molar refractivity (Wildman–Crippen MR) is 76.4 cm³/mol. The largest absolute Gasteiger partial charge is 0.478 e. The Kier molecular flexibility index (Phi) is 4.65. The van der Waals surface area contributed by atoms with Gasteiger partial charge in [-0.15, -0.1) is 0 Å². The van der Waals surface area contributed by atoms with E-state index in [0.717, 1.165) is 0 Å². The number of aromatic carboxylic acids is 1. The van der Waals surface area contributed by atoms with E-state index in [-0.39, 0.29) is 27.9 Å². The number of carbonyl (C=O) groups excluding carboxylic acids is 1. The van der Waals surface area contributed by atoms with Crippen LogP contribution in [0.3, 0.4) is 0 Å². The first-order chi connectivity index (χ1) is 9.56. The van der Waals surface area contributed by atoms with Gasteiger partial charge in [0, 0.05) is 12.4 Å². The Balaban J connectivity index is 2.00. The molecular weight excluding hydrogens is 302 g/mol. The number of nitrogens with zero attached hydrogens (tertiary/aromatic N) is 1. The maximum Gasteiger partial charge on any atom is 0.335 e. The van der Waals surface area contributed by atoms with Crippen molar-refractivity contribution in [3.8, 4) is 0 Å². The Hall–Kier alpha value is -1.99. The number of carboxylic acid groups (broad SMARTS) is 1. The topological polar surface area (TPSA) is 95.1 Å². The molecule has 0 radical (unpaired) electrons. The zero-order valence-electron chi connectivity index (χ0n) is 10.1. The number of hydrogen-bond acceptors (Lipinski definition) is 4. The molecule has 0 atom stereocenters. The number of halogens is 1. The number of benzene rings is 1. The second-order valence-corrected chi connectivity index (χ2v) is 5.10. The number of carbonyl (C=O) groups is 2. The van der Waals surface area contributed by atoms with Crippen LogP contribution in [0.1, 0.15) is 10.4 Å². The molecule has 0 saturated heterocycles. The van der Waals surface area contributed by atoms with Gasteiger partial charge < -0.3 is 15.4 Å². The van der Waals surface area contributed by atoms with Gasteiger partial charge in [-0.3, -0.25) is 4.79 Å². The quantitative estimate of drug-likeness (QED) is 0.737. The number of H-pyrrole nitrogens is 1. The monoisotopic (exact) mass is 311 g/mol. The number of aromatic amines is 1. The van der Waals surface area contributed by atoms with Crippen LogP contribution in [-0.2, 0) is 4.79 Å². The highest BCUT2D eigenvalue weighted by Crippen LogP contribution is 2.23. The summed E-state index contributed by atoms with van der Waals surface area (Å²) in [6, 6.07) is 4.12.